The van der Waals surface area contributed by atoms with Gasteiger partial charge >= 0.3 is 0 Å². The molecule has 1 atom stereocenters. The van der Waals surface area contributed by atoms with Crippen LogP contribution in [0.3, 0.4) is 0 Å². The molecule has 0 aromatic carbocycles. The lowest BCUT2D eigenvalue weighted by atomic mass is 10.1. The van der Waals surface area contributed by atoms with Crippen LogP contribution in [0.2, 0.25) is 0 Å². The van der Waals surface area contributed by atoms with Gasteiger partial charge in [-0.15, -0.1) is 0 Å². The summed E-state index contributed by atoms with van der Waals surface area (Å²) in [5.74, 6) is 0.748. The van der Waals surface area contributed by atoms with Gasteiger partial charge in [-0.05, 0) is 32.7 Å². The minimum absolute atomic E-state index is 0.686. The Bertz CT molecular complexity index is 181. The predicted octanol–water partition coefficient (Wildman–Crippen LogP) is 3.28. The molecule has 0 bridgehead atoms. The summed E-state index contributed by atoms with van der Waals surface area (Å²) in [6.45, 7) is 9.27. The number of rotatable bonds is 6. The van der Waals surface area contributed by atoms with E-state index in [1.54, 1.807) is 0 Å². The number of hydrogen-bond acceptors (Lipinski definition) is 2. The Morgan fingerprint density at radius 2 is 1.65 bits per heavy atom. The zero-order valence-electron chi connectivity index (χ0n) is 12.3. The molecule has 0 saturated heterocycles. The van der Waals surface area contributed by atoms with Crippen LogP contribution in [0.15, 0.2) is 0 Å². The highest BCUT2D eigenvalue weighted by molar-refractivity contribution is 4.73. The lowest BCUT2D eigenvalue weighted by molar-refractivity contribution is 0.205. The summed E-state index contributed by atoms with van der Waals surface area (Å²) in [7, 11) is 2.25. The van der Waals surface area contributed by atoms with Gasteiger partial charge < -0.3 is 10.2 Å². The largest absolute Gasteiger partial charge is 0.313 e. The Morgan fingerprint density at radius 1 is 1.06 bits per heavy atom. The normalized spacial score (nSPS) is 20.8. The molecule has 1 unspecified atom stereocenters. The van der Waals surface area contributed by atoms with E-state index >= 15 is 0 Å². The molecule has 2 nitrogen and oxygen atoms in total. The monoisotopic (exact) mass is 240 g/mol. The Morgan fingerprint density at radius 3 is 2.18 bits per heavy atom. The number of nitrogens with one attached hydrogen (secondary N) is 1. The molecule has 0 radical (unpaired) electrons. The molecule has 1 rings (SSSR count). The van der Waals surface area contributed by atoms with Gasteiger partial charge in [0.2, 0.25) is 0 Å². The van der Waals surface area contributed by atoms with Gasteiger partial charge in [0, 0.05) is 25.2 Å². The third-order valence-electron chi connectivity index (χ3n) is 4.41. The van der Waals surface area contributed by atoms with Crippen molar-refractivity contribution in [3.63, 3.8) is 0 Å². The number of likely N-dealkylation sites (N-methyl/N-ethyl adjacent to an activating group) is 1. The summed E-state index contributed by atoms with van der Waals surface area (Å²) in [6, 6.07) is 1.48. The van der Waals surface area contributed by atoms with Crippen molar-refractivity contribution in [1.29, 1.82) is 0 Å². The van der Waals surface area contributed by atoms with Crippen LogP contribution in [-0.2, 0) is 0 Å². The third-order valence-corrected chi connectivity index (χ3v) is 4.41. The minimum Gasteiger partial charge on any atom is -0.313 e. The van der Waals surface area contributed by atoms with Gasteiger partial charge in [-0.1, -0.05) is 39.5 Å². The molecule has 1 N–H and O–H groups in total. The Kier molecular flexibility index (Phi) is 7.14. The Balaban J connectivity index is 2.13. The SMILES string of the molecule is CC(C)C(C)N(C)CCNC1CCCCCC1. The van der Waals surface area contributed by atoms with Gasteiger partial charge in [0.05, 0.1) is 0 Å². The van der Waals surface area contributed by atoms with Crippen molar-refractivity contribution < 1.29 is 0 Å². The topological polar surface area (TPSA) is 15.3 Å². The van der Waals surface area contributed by atoms with E-state index in [-0.39, 0.29) is 0 Å². The Hall–Kier alpha value is -0.0800. The van der Waals surface area contributed by atoms with Crippen LogP contribution in [0.25, 0.3) is 0 Å². The molecular weight excluding hydrogens is 208 g/mol. The van der Waals surface area contributed by atoms with E-state index in [4.69, 9.17) is 0 Å². The van der Waals surface area contributed by atoms with Crippen LogP contribution in [0.4, 0.5) is 0 Å². The first-order chi connectivity index (χ1) is 8.11. The first-order valence-corrected chi connectivity index (χ1v) is 7.55. The summed E-state index contributed by atoms with van der Waals surface area (Å²) >= 11 is 0. The summed E-state index contributed by atoms with van der Waals surface area (Å²) in [5, 5.41) is 3.74. The molecule has 0 amide bonds. The second kappa shape index (κ2) is 8.10. The van der Waals surface area contributed by atoms with Gasteiger partial charge in [0.1, 0.15) is 0 Å². The van der Waals surface area contributed by atoms with E-state index in [0.717, 1.165) is 18.5 Å². The van der Waals surface area contributed by atoms with Crippen molar-refractivity contribution in [1.82, 2.24) is 10.2 Å². The molecule has 1 aliphatic carbocycles. The second-order valence-corrected chi connectivity index (χ2v) is 6.11. The van der Waals surface area contributed by atoms with E-state index in [2.05, 4.69) is 38.0 Å². The lowest BCUT2D eigenvalue weighted by Gasteiger charge is -2.28. The summed E-state index contributed by atoms with van der Waals surface area (Å²) in [4.78, 5) is 2.48. The van der Waals surface area contributed by atoms with Crippen LogP contribution < -0.4 is 5.32 Å². The van der Waals surface area contributed by atoms with E-state index in [1.807, 2.05) is 0 Å². The van der Waals surface area contributed by atoms with Gasteiger partial charge in [0.25, 0.3) is 0 Å². The van der Waals surface area contributed by atoms with E-state index in [9.17, 15) is 0 Å². The van der Waals surface area contributed by atoms with Crippen molar-refractivity contribution in [3.8, 4) is 0 Å². The van der Waals surface area contributed by atoms with Crippen molar-refractivity contribution >= 4 is 0 Å². The second-order valence-electron chi connectivity index (χ2n) is 6.11. The first-order valence-electron chi connectivity index (χ1n) is 7.55. The molecule has 0 heterocycles. The quantitative estimate of drug-likeness (QED) is 0.717. The maximum atomic E-state index is 3.74. The maximum absolute atomic E-state index is 3.74. The van der Waals surface area contributed by atoms with Crippen LogP contribution in [-0.4, -0.2) is 37.1 Å². The number of nitrogens with zero attached hydrogens (tertiary/aromatic N) is 1. The van der Waals surface area contributed by atoms with Gasteiger partial charge in [0.15, 0.2) is 0 Å². The van der Waals surface area contributed by atoms with Crippen LogP contribution in [0.5, 0.6) is 0 Å². The average Bonchev–Trinajstić information content (AvgIpc) is 2.56. The van der Waals surface area contributed by atoms with Crippen LogP contribution in [0, 0.1) is 5.92 Å². The van der Waals surface area contributed by atoms with Crippen molar-refractivity contribution in [3.05, 3.63) is 0 Å². The summed E-state index contributed by atoms with van der Waals surface area (Å²) in [5.41, 5.74) is 0. The molecular formula is C15H32N2. The minimum atomic E-state index is 0.686. The van der Waals surface area contributed by atoms with Crippen LogP contribution in [0.1, 0.15) is 59.3 Å². The van der Waals surface area contributed by atoms with Crippen LogP contribution >= 0.6 is 0 Å². The molecule has 2 heteroatoms. The predicted molar refractivity (Wildman–Crippen MR) is 76.4 cm³/mol. The van der Waals surface area contributed by atoms with E-state index in [0.29, 0.717) is 6.04 Å². The summed E-state index contributed by atoms with van der Waals surface area (Å²) < 4.78 is 0. The van der Waals surface area contributed by atoms with E-state index < -0.39 is 0 Å². The third kappa shape index (κ3) is 5.87. The first kappa shape index (κ1) is 15.0. The molecule has 102 valence electrons. The zero-order valence-corrected chi connectivity index (χ0v) is 12.3. The maximum Gasteiger partial charge on any atom is 0.0107 e. The fourth-order valence-electron chi connectivity index (χ4n) is 2.64. The summed E-state index contributed by atoms with van der Waals surface area (Å²) in [6.07, 6.45) is 8.53. The van der Waals surface area contributed by atoms with Crippen molar-refractivity contribution in [2.45, 2.75) is 71.4 Å². The standard InChI is InChI=1S/C15H32N2/c1-13(2)14(3)17(4)12-11-16-15-9-7-5-6-8-10-15/h13-16H,5-12H2,1-4H3. The van der Waals surface area contributed by atoms with E-state index in [1.165, 1.54) is 45.1 Å². The van der Waals surface area contributed by atoms with Crippen molar-refractivity contribution in [2.24, 2.45) is 5.92 Å². The Labute approximate surface area is 108 Å². The zero-order chi connectivity index (χ0) is 12.7. The highest BCUT2D eigenvalue weighted by Crippen LogP contribution is 2.17. The molecule has 0 aromatic rings. The average molecular weight is 240 g/mol. The number of hydrogen-bond donors (Lipinski definition) is 1. The highest BCUT2D eigenvalue weighted by atomic mass is 15.1. The molecule has 1 saturated carbocycles. The molecule has 1 fully saturated rings. The van der Waals surface area contributed by atoms with Gasteiger partial charge in [-0.2, -0.15) is 0 Å². The lowest BCUT2D eigenvalue weighted by Crippen LogP contribution is -2.40. The smallest absolute Gasteiger partial charge is 0.0107 e. The highest BCUT2D eigenvalue weighted by Gasteiger charge is 2.14. The molecule has 0 spiro atoms. The van der Waals surface area contributed by atoms with Crippen molar-refractivity contribution in [2.75, 3.05) is 20.1 Å². The fraction of sp³-hybridized carbons (Fsp3) is 1.00. The molecule has 17 heavy (non-hydrogen) atoms. The van der Waals surface area contributed by atoms with Gasteiger partial charge in [-0.25, -0.2) is 0 Å². The fourth-order valence-corrected chi connectivity index (χ4v) is 2.64. The molecule has 0 aliphatic heterocycles. The molecule has 1 aliphatic rings. The van der Waals surface area contributed by atoms with Gasteiger partial charge in [-0.3, -0.25) is 0 Å². The molecule has 0 aromatic heterocycles.